The lowest BCUT2D eigenvalue weighted by Gasteiger charge is -2.15. The number of likely N-dealkylation sites (N-methyl/N-ethyl adjacent to an activating group) is 1. The molecule has 1 aliphatic heterocycles. The summed E-state index contributed by atoms with van der Waals surface area (Å²) in [5.74, 6) is -0.0757. The molecule has 0 aromatic heterocycles. The Morgan fingerprint density at radius 1 is 1.21 bits per heavy atom. The normalized spacial score (nSPS) is 15.8. The van der Waals surface area contributed by atoms with Gasteiger partial charge in [0.2, 0.25) is 0 Å². The van der Waals surface area contributed by atoms with Crippen LogP contribution in [0.4, 0.5) is 10.1 Å². The van der Waals surface area contributed by atoms with Crippen LogP contribution in [0.1, 0.15) is 26.3 Å². The predicted octanol–water partition coefficient (Wildman–Crippen LogP) is 5.32. The smallest absolute Gasteiger partial charge is 0.266 e. The van der Waals surface area contributed by atoms with E-state index >= 15 is 0 Å². The maximum Gasteiger partial charge on any atom is 0.266 e. The predicted molar refractivity (Wildman–Crippen MR) is 137 cm³/mol. The lowest BCUT2D eigenvalue weighted by atomic mass is 10.2. The number of aliphatic imine (C=N–C) groups is 1. The minimum Gasteiger partial charge on any atom is -0.490 e. The molecule has 2 aromatic rings. The molecular formula is C24H25BrFN3O4S. The molecule has 180 valence electrons. The molecule has 1 saturated heterocycles. The first kappa shape index (κ1) is 25.8. The van der Waals surface area contributed by atoms with Crippen LogP contribution in [0.2, 0.25) is 0 Å². The van der Waals surface area contributed by atoms with Crippen LogP contribution < -0.4 is 14.8 Å². The summed E-state index contributed by atoms with van der Waals surface area (Å²) in [5, 5.41) is 3.34. The van der Waals surface area contributed by atoms with Crippen LogP contribution in [0, 0.1) is 5.82 Å². The van der Waals surface area contributed by atoms with Crippen LogP contribution in [0.15, 0.2) is 50.8 Å². The lowest BCUT2D eigenvalue weighted by molar-refractivity contribution is -0.122. The highest BCUT2D eigenvalue weighted by molar-refractivity contribution is 9.10. The molecule has 0 bridgehead atoms. The summed E-state index contributed by atoms with van der Waals surface area (Å²) in [4.78, 5) is 31.7. The Labute approximate surface area is 210 Å². The number of carbonyl (C=O) groups is 2. The maximum atomic E-state index is 13.0. The van der Waals surface area contributed by atoms with Crippen molar-refractivity contribution in [2.75, 3.05) is 31.6 Å². The van der Waals surface area contributed by atoms with Gasteiger partial charge in [0.25, 0.3) is 11.8 Å². The third-order valence-electron chi connectivity index (χ3n) is 4.60. The SMILES string of the molecule is CCN=C1S/C(=C\c2cc(Br)c(OCC(=O)Nc3ccc(F)cc3)c(OCC)c2)C(=O)N1CC. The van der Waals surface area contributed by atoms with Crippen molar-refractivity contribution in [1.29, 1.82) is 0 Å². The van der Waals surface area contributed by atoms with Crippen molar-refractivity contribution in [2.45, 2.75) is 20.8 Å². The monoisotopic (exact) mass is 549 g/mol. The summed E-state index contributed by atoms with van der Waals surface area (Å²) >= 11 is 4.83. The van der Waals surface area contributed by atoms with Crippen LogP contribution >= 0.6 is 27.7 Å². The lowest BCUT2D eigenvalue weighted by Crippen LogP contribution is -2.28. The summed E-state index contributed by atoms with van der Waals surface area (Å²) in [6.45, 7) is 6.94. The highest BCUT2D eigenvalue weighted by Crippen LogP contribution is 2.39. The van der Waals surface area contributed by atoms with Gasteiger partial charge in [-0.05, 0) is 96.5 Å². The summed E-state index contributed by atoms with van der Waals surface area (Å²) in [7, 11) is 0. The molecule has 0 aliphatic carbocycles. The van der Waals surface area contributed by atoms with Crippen molar-refractivity contribution in [3.05, 3.63) is 57.2 Å². The number of nitrogens with zero attached hydrogens (tertiary/aromatic N) is 2. The van der Waals surface area contributed by atoms with Gasteiger partial charge in [0.05, 0.1) is 16.0 Å². The number of benzene rings is 2. The van der Waals surface area contributed by atoms with Crippen LogP contribution in [0.25, 0.3) is 6.08 Å². The number of thioether (sulfide) groups is 1. The number of anilines is 1. The molecule has 2 aromatic carbocycles. The van der Waals surface area contributed by atoms with E-state index in [-0.39, 0.29) is 18.3 Å². The molecule has 0 radical (unpaired) electrons. The molecule has 10 heteroatoms. The van der Waals surface area contributed by atoms with Crippen molar-refractivity contribution in [2.24, 2.45) is 4.99 Å². The molecule has 2 amide bonds. The number of amides is 2. The van der Waals surface area contributed by atoms with Crippen LogP contribution in [0.3, 0.4) is 0 Å². The summed E-state index contributed by atoms with van der Waals surface area (Å²) in [6, 6.07) is 9.01. The Morgan fingerprint density at radius 3 is 2.59 bits per heavy atom. The summed E-state index contributed by atoms with van der Waals surface area (Å²) in [6.07, 6.45) is 1.78. The molecule has 0 atom stereocenters. The summed E-state index contributed by atoms with van der Waals surface area (Å²) in [5.41, 5.74) is 1.20. The average Bonchev–Trinajstić information content (AvgIpc) is 3.09. The number of amidine groups is 1. The Hall–Kier alpha value is -2.85. The molecule has 3 rings (SSSR count). The number of ether oxygens (including phenoxy) is 2. The first-order chi connectivity index (χ1) is 16.4. The van der Waals surface area contributed by atoms with E-state index in [0.717, 1.165) is 5.56 Å². The Kier molecular flexibility index (Phi) is 9.12. The number of nitrogens with one attached hydrogen (secondary N) is 1. The first-order valence-corrected chi connectivity index (χ1v) is 12.4. The van der Waals surface area contributed by atoms with E-state index in [9.17, 15) is 14.0 Å². The quantitative estimate of drug-likeness (QED) is 0.428. The van der Waals surface area contributed by atoms with Crippen molar-refractivity contribution in [1.82, 2.24) is 4.90 Å². The van der Waals surface area contributed by atoms with E-state index in [1.807, 2.05) is 20.8 Å². The van der Waals surface area contributed by atoms with Gasteiger partial charge in [-0.25, -0.2) is 4.39 Å². The minimum atomic E-state index is -0.400. The molecule has 0 saturated carbocycles. The van der Waals surface area contributed by atoms with Gasteiger partial charge in [-0.2, -0.15) is 0 Å². The zero-order valence-corrected chi connectivity index (χ0v) is 21.5. The van der Waals surface area contributed by atoms with Crippen molar-refractivity contribution < 1.29 is 23.5 Å². The second-order valence-corrected chi connectivity index (χ2v) is 8.89. The molecule has 1 aliphatic rings. The van der Waals surface area contributed by atoms with Crippen molar-refractivity contribution >= 4 is 56.4 Å². The fraction of sp³-hybridized carbons (Fsp3) is 0.292. The van der Waals surface area contributed by atoms with E-state index in [0.29, 0.717) is 51.4 Å². The molecule has 0 spiro atoms. The molecule has 1 fully saturated rings. The van der Waals surface area contributed by atoms with E-state index in [1.165, 1.54) is 36.0 Å². The van der Waals surface area contributed by atoms with Gasteiger partial charge in [0.1, 0.15) is 5.82 Å². The maximum absolute atomic E-state index is 13.0. The number of halogens is 2. The number of hydrogen-bond donors (Lipinski definition) is 1. The third kappa shape index (κ3) is 6.38. The van der Waals surface area contributed by atoms with Gasteiger partial charge in [0, 0.05) is 18.8 Å². The Morgan fingerprint density at radius 2 is 1.94 bits per heavy atom. The first-order valence-electron chi connectivity index (χ1n) is 10.8. The highest BCUT2D eigenvalue weighted by atomic mass is 79.9. The van der Waals surface area contributed by atoms with E-state index in [2.05, 4.69) is 26.2 Å². The van der Waals surface area contributed by atoms with Gasteiger partial charge in [-0.3, -0.25) is 19.5 Å². The zero-order chi connectivity index (χ0) is 24.7. The number of rotatable bonds is 9. The fourth-order valence-electron chi connectivity index (χ4n) is 3.13. The molecule has 34 heavy (non-hydrogen) atoms. The molecular weight excluding hydrogens is 525 g/mol. The summed E-state index contributed by atoms with van der Waals surface area (Å²) < 4.78 is 25.1. The highest BCUT2D eigenvalue weighted by Gasteiger charge is 2.32. The standard InChI is InChI=1S/C24H25BrFN3O4S/c1-4-27-24-29(5-2)23(31)20(34-24)13-15-11-18(25)22(19(12-15)32-6-3)33-14-21(30)28-17-9-7-16(26)8-10-17/h7-13H,4-6,14H2,1-3H3,(H,28,30)/b20-13-,27-24?. The molecule has 1 N–H and O–H groups in total. The Bertz CT molecular complexity index is 1120. The van der Waals surface area contributed by atoms with Crippen molar-refractivity contribution in [3.63, 3.8) is 0 Å². The number of hydrogen-bond acceptors (Lipinski definition) is 6. The van der Waals surface area contributed by atoms with Gasteiger partial charge in [-0.15, -0.1) is 0 Å². The topological polar surface area (TPSA) is 80.2 Å². The van der Waals surface area contributed by atoms with Crippen LogP contribution in [-0.2, 0) is 9.59 Å². The van der Waals surface area contributed by atoms with Gasteiger partial charge >= 0.3 is 0 Å². The van der Waals surface area contributed by atoms with Gasteiger partial charge < -0.3 is 14.8 Å². The molecule has 7 nitrogen and oxygen atoms in total. The second-order valence-electron chi connectivity index (χ2n) is 7.02. The van der Waals surface area contributed by atoms with Gasteiger partial charge in [0.15, 0.2) is 23.3 Å². The van der Waals surface area contributed by atoms with E-state index < -0.39 is 5.91 Å². The largest absolute Gasteiger partial charge is 0.490 e. The number of carbonyl (C=O) groups excluding carboxylic acids is 2. The minimum absolute atomic E-state index is 0.0911. The average molecular weight is 550 g/mol. The van der Waals surface area contributed by atoms with Crippen molar-refractivity contribution in [3.8, 4) is 11.5 Å². The van der Waals surface area contributed by atoms with E-state index in [4.69, 9.17) is 9.47 Å². The third-order valence-corrected chi connectivity index (χ3v) is 6.24. The van der Waals surface area contributed by atoms with E-state index in [1.54, 1.807) is 23.1 Å². The Balaban J connectivity index is 1.78. The molecule has 0 unspecified atom stereocenters. The van der Waals surface area contributed by atoms with Gasteiger partial charge in [-0.1, -0.05) is 0 Å². The zero-order valence-electron chi connectivity index (χ0n) is 19.1. The van der Waals surface area contributed by atoms with Crippen LogP contribution in [-0.4, -0.2) is 48.2 Å². The molecule has 1 heterocycles. The second kappa shape index (κ2) is 12.0. The fourth-order valence-corrected chi connectivity index (χ4v) is 4.81. The van der Waals surface area contributed by atoms with Crippen LogP contribution in [0.5, 0.6) is 11.5 Å².